The predicted octanol–water partition coefficient (Wildman–Crippen LogP) is 3.41. The van der Waals surface area contributed by atoms with E-state index in [4.69, 9.17) is 9.47 Å². The zero-order valence-corrected chi connectivity index (χ0v) is 18.4. The van der Waals surface area contributed by atoms with E-state index < -0.39 is 15.4 Å². The predicted molar refractivity (Wildman–Crippen MR) is 116 cm³/mol. The van der Waals surface area contributed by atoms with Gasteiger partial charge in [0.2, 0.25) is 10.0 Å². The summed E-state index contributed by atoms with van der Waals surface area (Å²) in [5.74, 6) is 0.287. The highest BCUT2D eigenvalue weighted by Crippen LogP contribution is 2.37. The first kappa shape index (κ1) is 22.3. The summed E-state index contributed by atoms with van der Waals surface area (Å²) in [5, 5.41) is 0. The summed E-state index contributed by atoms with van der Waals surface area (Å²) in [6.07, 6.45) is 1.59. The Labute approximate surface area is 178 Å². The van der Waals surface area contributed by atoms with Crippen molar-refractivity contribution in [2.45, 2.75) is 31.9 Å². The molecule has 0 aliphatic carbocycles. The van der Waals surface area contributed by atoms with E-state index in [1.165, 1.54) is 4.31 Å². The van der Waals surface area contributed by atoms with Gasteiger partial charge in [0.25, 0.3) is 0 Å². The van der Waals surface area contributed by atoms with Crippen molar-refractivity contribution in [2.75, 3.05) is 26.8 Å². The van der Waals surface area contributed by atoms with Crippen molar-refractivity contribution in [3.63, 3.8) is 0 Å². The molecule has 0 N–H and O–H groups in total. The average Bonchev–Trinajstić information content (AvgIpc) is 2.74. The van der Waals surface area contributed by atoms with Gasteiger partial charge in [-0.05, 0) is 49.4 Å². The fourth-order valence-corrected chi connectivity index (χ4v) is 5.69. The van der Waals surface area contributed by atoms with Gasteiger partial charge in [-0.15, -0.1) is 0 Å². The van der Waals surface area contributed by atoms with Crippen molar-refractivity contribution in [1.82, 2.24) is 4.31 Å². The number of rotatable bonds is 8. The van der Waals surface area contributed by atoms with E-state index in [0.717, 1.165) is 11.1 Å². The maximum absolute atomic E-state index is 13.1. The SMILES string of the molecule is CCOC(=O)[C@]1(Cc2cccc(OC)c2)CCCN(S(=O)(=O)Cc2ccccc2)C1. The molecule has 162 valence electrons. The Morgan fingerprint density at radius 1 is 1.10 bits per heavy atom. The number of hydrogen-bond acceptors (Lipinski definition) is 5. The van der Waals surface area contributed by atoms with Crippen molar-refractivity contribution < 1.29 is 22.7 Å². The van der Waals surface area contributed by atoms with E-state index in [1.807, 2.05) is 42.5 Å². The Kier molecular flexibility index (Phi) is 7.15. The van der Waals surface area contributed by atoms with Crippen LogP contribution in [-0.4, -0.2) is 45.5 Å². The molecule has 1 heterocycles. The van der Waals surface area contributed by atoms with E-state index >= 15 is 0 Å². The van der Waals surface area contributed by atoms with Crippen LogP contribution in [0.4, 0.5) is 0 Å². The number of carbonyl (C=O) groups excluding carboxylic acids is 1. The van der Waals surface area contributed by atoms with E-state index in [9.17, 15) is 13.2 Å². The molecule has 1 fully saturated rings. The first-order valence-electron chi connectivity index (χ1n) is 10.2. The van der Waals surface area contributed by atoms with Crippen LogP contribution in [-0.2, 0) is 31.7 Å². The largest absolute Gasteiger partial charge is 0.497 e. The van der Waals surface area contributed by atoms with E-state index in [1.54, 1.807) is 26.2 Å². The highest BCUT2D eigenvalue weighted by atomic mass is 32.2. The van der Waals surface area contributed by atoms with Gasteiger partial charge in [-0.1, -0.05) is 42.5 Å². The molecule has 1 aliphatic heterocycles. The summed E-state index contributed by atoms with van der Waals surface area (Å²) in [7, 11) is -1.96. The van der Waals surface area contributed by atoms with Gasteiger partial charge in [0.15, 0.2) is 0 Å². The highest BCUT2D eigenvalue weighted by Gasteiger charge is 2.46. The molecule has 7 heteroatoms. The van der Waals surface area contributed by atoms with E-state index in [0.29, 0.717) is 31.6 Å². The number of hydrogen-bond donors (Lipinski definition) is 0. The smallest absolute Gasteiger partial charge is 0.313 e. The molecule has 30 heavy (non-hydrogen) atoms. The van der Waals surface area contributed by atoms with Crippen LogP contribution in [0, 0.1) is 5.41 Å². The summed E-state index contributed by atoms with van der Waals surface area (Å²) in [5.41, 5.74) is 0.743. The van der Waals surface area contributed by atoms with Crippen LogP contribution in [0.15, 0.2) is 54.6 Å². The van der Waals surface area contributed by atoms with Crippen LogP contribution in [0.3, 0.4) is 0 Å². The molecule has 6 nitrogen and oxygen atoms in total. The molecule has 3 rings (SSSR count). The summed E-state index contributed by atoms with van der Waals surface area (Å²) < 4.78 is 38.4. The van der Waals surface area contributed by atoms with Crippen LogP contribution in [0.1, 0.15) is 30.9 Å². The molecule has 0 bridgehead atoms. The molecular formula is C23H29NO5S. The summed E-state index contributed by atoms with van der Waals surface area (Å²) >= 11 is 0. The lowest BCUT2D eigenvalue weighted by Gasteiger charge is -2.40. The van der Waals surface area contributed by atoms with Crippen molar-refractivity contribution >= 4 is 16.0 Å². The molecule has 1 saturated heterocycles. The molecule has 0 amide bonds. The maximum atomic E-state index is 13.1. The number of ether oxygens (including phenoxy) is 2. The second-order valence-electron chi connectivity index (χ2n) is 7.71. The molecule has 0 radical (unpaired) electrons. The topological polar surface area (TPSA) is 72.9 Å². The van der Waals surface area contributed by atoms with Crippen LogP contribution in [0.2, 0.25) is 0 Å². The normalized spacial score (nSPS) is 19.9. The monoisotopic (exact) mass is 431 g/mol. The van der Waals surface area contributed by atoms with Gasteiger partial charge in [-0.25, -0.2) is 12.7 Å². The number of sulfonamides is 1. The summed E-state index contributed by atoms with van der Waals surface area (Å²) in [6, 6.07) is 16.7. The summed E-state index contributed by atoms with van der Waals surface area (Å²) in [4.78, 5) is 13.0. The average molecular weight is 432 g/mol. The minimum Gasteiger partial charge on any atom is -0.497 e. The van der Waals surface area contributed by atoms with Crippen LogP contribution in [0.5, 0.6) is 5.75 Å². The third-order valence-electron chi connectivity index (χ3n) is 5.51. The van der Waals surface area contributed by atoms with Gasteiger partial charge in [0.1, 0.15) is 5.75 Å². The maximum Gasteiger partial charge on any atom is 0.313 e. The number of esters is 1. The molecule has 1 atom stereocenters. The Hall–Kier alpha value is -2.38. The third-order valence-corrected chi connectivity index (χ3v) is 7.31. The zero-order chi connectivity index (χ0) is 21.6. The third kappa shape index (κ3) is 5.21. The molecule has 0 aromatic heterocycles. The molecule has 0 saturated carbocycles. The lowest BCUT2D eigenvalue weighted by Crippen LogP contribution is -2.51. The molecule has 2 aromatic carbocycles. The highest BCUT2D eigenvalue weighted by molar-refractivity contribution is 7.88. The van der Waals surface area contributed by atoms with Crippen molar-refractivity contribution in [2.24, 2.45) is 5.41 Å². The zero-order valence-electron chi connectivity index (χ0n) is 17.5. The Morgan fingerprint density at radius 3 is 2.53 bits per heavy atom. The van der Waals surface area contributed by atoms with E-state index in [-0.39, 0.29) is 24.9 Å². The van der Waals surface area contributed by atoms with Gasteiger partial charge in [0, 0.05) is 13.1 Å². The lowest BCUT2D eigenvalue weighted by molar-refractivity contribution is -0.157. The van der Waals surface area contributed by atoms with Gasteiger partial charge >= 0.3 is 5.97 Å². The minimum atomic E-state index is -3.56. The Balaban J connectivity index is 1.88. The number of piperidine rings is 1. The molecule has 0 unspecified atom stereocenters. The van der Waals surface area contributed by atoms with Crippen molar-refractivity contribution in [3.05, 3.63) is 65.7 Å². The Morgan fingerprint density at radius 2 is 1.83 bits per heavy atom. The van der Waals surface area contributed by atoms with Crippen LogP contribution >= 0.6 is 0 Å². The molecule has 2 aromatic rings. The van der Waals surface area contributed by atoms with Crippen LogP contribution in [0.25, 0.3) is 0 Å². The van der Waals surface area contributed by atoms with Crippen molar-refractivity contribution in [1.29, 1.82) is 0 Å². The summed E-state index contributed by atoms with van der Waals surface area (Å²) in [6.45, 7) is 2.56. The second-order valence-corrected chi connectivity index (χ2v) is 9.68. The second kappa shape index (κ2) is 9.62. The Bertz CT molecular complexity index is 961. The van der Waals surface area contributed by atoms with Crippen molar-refractivity contribution in [3.8, 4) is 5.75 Å². The number of carbonyl (C=O) groups is 1. The fraction of sp³-hybridized carbons (Fsp3) is 0.435. The van der Waals surface area contributed by atoms with Crippen LogP contribution < -0.4 is 4.74 Å². The number of nitrogens with zero attached hydrogens (tertiary/aromatic N) is 1. The molecule has 0 spiro atoms. The minimum absolute atomic E-state index is 0.0775. The van der Waals surface area contributed by atoms with Gasteiger partial charge in [-0.2, -0.15) is 0 Å². The molecule has 1 aliphatic rings. The first-order valence-corrected chi connectivity index (χ1v) is 11.8. The quantitative estimate of drug-likeness (QED) is 0.599. The first-order chi connectivity index (χ1) is 14.4. The van der Waals surface area contributed by atoms with Gasteiger partial charge in [-0.3, -0.25) is 4.79 Å². The lowest BCUT2D eigenvalue weighted by atomic mass is 9.75. The molecular weight excluding hydrogens is 402 g/mol. The number of benzene rings is 2. The standard InChI is InChI=1S/C23H29NO5S/c1-3-29-22(25)23(16-20-11-7-12-21(15-20)28-2)13-8-14-24(18-23)30(26,27)17-19-9-5-4-6-10-19/h4-7,9-12,15H,3,8,13-14,16-18H2,1-2H3/t23-/m0/s1. The van der Waals surface area contributed by atoms with E-state index in [2.05, 4.69) is 0 Å². The fourth-order valence-electron chi connectivity index (χ4n) is 4.04. The van der Waals surface area contributed by atoms with Gasteiger partial charge in [0.05, 0.1) is 24.9 Å². The van der Waals surface area contributed by atoms with Gasteiger partial charge < -0.3 is 9.47 Å². The number of methoxy groups -OCH3 is 1.